The van der Waals surface area contributed by atoms with Gasteiger partial charge in [0, 0.05) is 17.6 Å². The highest BCUT2D eigenvalue weighted by Crippen LogP contribution is 2.13. The van der Waals surface area contributed by atoms with Crippen LogP contribution in [0.5, 0.6) is 5.75 Å². The van der Waals surface area contributed by atoms with E-state index in [9.17, 15) is 9.90 Å². The highest BCUT2D eigenvalue weighted by atomic mass is 79.9. The van der Waals surface area contributed by atoms with Crippen molar-refractivity contribution in [1.29, 1.82) is 0 Å². The molecule has 0 fully saturated rings. The minimum atomic E-state index is -0.275. The van der Waals surface area contributed by atoms with Crippen LogP contribution in [0.1, 0.15) is 23.7 Å². The fraction of sp³-hybridized carbons (Fsp3) is 0.400. The van der Waals surface area contributed by atoms with Crippen molar-refractivity contribution in [2.45, 2.75) is 19.4 Å². The van der Waals surface area contributed by atoms with Gasteiger partial charge >= 0.3 is 0 Å². The molecule has 4 nitrogen and oxygen atoms in total. The van der Waals surface area contributed by atoms with Gasteiger partial charge in [-0.1, -0.05) is 15.9 Å². The first-order valence-corrected chi connectivity index (χ1v) is 5.77. The largest absolute Gasteiger partial charge is 0.505 e. The van der Waals surface area contributed by atoms with Crippen LogP contribution >= 0.6 is 15.9 Å². The molecular weight excluding hydrogens is 260 g/mol. The van der Waals surface area contributed by atoms with Crippen molar-refractivity contribution in [3.8, 4) is 5.75 Å². The molecule has 0 aliphatic carbocycles. The zero-order valence-electron chi connectivity index (χ0n) is 8.40. The van der Waals surface area contributed by atoms with E-state index in [4.69, 9.17) is 0 Å². The van der Waals surface area contributed by atoms with Gasteiger partial charge in [0.05, 0.1) is 11.8 Å². The molecule has 1 amide bonds. The maximum absolute atomic E-state index is 11.6. The summed E-state index contributed by atoms with van der Waals surface area (Å²) in [7, 11) is 0. The zero-order valence-corrected chi connectivity index (χ0v) is 9.99. The van der Waals surface area contributed by atoms with Gasteiger partial charge in [-0.3, -0.25) is 9.78 Å². The van der Waals surface area contributed by atoms with E-state index >= 15 is 0 Å². The number of nitrogens with zero attached hydrogens (tertiary/aromatic N) is 1. The lowest BCUT2D eigenvalue weighted by atomic mass is 10.2. The van der Waals surface area contributed by atoms with Gasteiger partial charge in [-0.2, -0.15) is 0 Å². The molecule has 1 heterocycles. The van der Waals surface area contributed by atoms with Gasteiger partial charge in [-0.25, -0.2) is 0 Å². The third-order valence-corrected chi connectivity index (χ3v) is 2.42. The molecule has 0 spiro atoms. The molecule has 0 saturated carbocycles. The van der Waals surface area contributed by atoms with Crippen LogP contribution in [0.4, 0.5) is 0 Å². The first kappa shape index (κ1) is 12.0. The number of carbonyl (C=O) groups excluding carboxylic acids is 1. The maximum Gasteiger partial charge on any atom is 0.255 e. The summed E-state index contributed by atoms with van der Waals surface area (Å²) in [4.78, 5) is 15.3. The monoisotopic (exact) mass is 272 g/mol. The van der Waals surface area contributed by atoms with E-state index in [0.29, 0.717) is 0 Å². The number of aromatic nitrogens is 1. The van der Waals surface area contributed by atoms with E-state index in [2.05, 4.69) is 26.2 Å². The standard InChI is InChI=1S/C10H13BrN2O2/c1-7(2-4-11)13-10(15)8-3-5-12-6-9(8)14/h3,5-7,14H,2,4H2,1H3,(H,13,15). The summed E-state index contributed by atoms with van der Waals surface area (Å²) in [5.74, 6) is -0.371. The topological polar surface area (TPSA) is 62.2 Å². The maximum atomic E-state index is 11.6. The average molecular weight is 273 g/mol. The van der Waals surface area contributed by atoms with Crippen LogP contribution in [0.2, 0.25) is 0 Å². The summed E-state index contributed by atoms with van der Waals surface area (Å²) < 4.78 is 0. The van der Waals surface area contributed by atoms with Crippen molar-refractivity contribution in [2.24, 2.45) is 0 Å². The molecular formula is C10H13BrN2O2. The Morgan fingerprint density at radius 1 is 1.73 bits per heavy atom. The number of carbonyl (C=O) groups is 1. The summed E-state index contributed by atoms with van der Waals surface area (Å²) in [6.07, 6.45) is 3.57. The van der Waals surface area contributed by atoms with Crippen molar-refractivity contribution in [1.82, 2.24) is 10.3 Å². The van der Waals surface area contributed by atoms with Gasteiger partial charge in [0.15, 0.2) is 0 Å². The van der Waals surface area contributed by atoms with Crippen molar-refractivity contribution in [2.75, 3.05) is 5.33 Å². The van der Waals surface area contributed by atoms with Crippen LogP contribution in [-0.4, -0.2) is 27.4 Å². The van der Waals surface area contributed by atoms with Crippen LogP contribution in [0, 0.1) is 0 Å². The second kappa shape index (κ2) is 5.70. The Kier molecular flexibility index (Phi) is 4.55. The quantitative estimate of drug-likeness (QED) is 0.820. The summed E-state index contributed by atoms with van der Waals surface area (Å²) in [6, 6.07) is 1.57. The van der Waals surface area contributed by atoms with Gasteiger partial charge < -0.3 is 10.4 Å². The van der Waals surface area contributed by atoms with E-state index < -0.39 is 0 Å². The van der Waals surface area contributed by atoms with Gasteiger partial charge in [0.2, 0.25) is 0 Å². The molecule has 1 aromatic heterocycles. The smallest absolute Gasteiger partial charge is 0.255 e. The van der Waals surface area contributed by atoms with E-state index in [1.165, 1.54) is 18.5 Å². The normalized spacial score (nSPS) is 12.1. The number of aromatic hydroxyl groups is 1. The minimum Gasteiger partial charge on any atom is -0.505 e. The van der Waals surface area contributed by atoms with E-state index in [-0.39, 0.29) is 23.3 Å². The Labute approximate surface area is 96.8 Å². The molecule has 82 valence electrons. The Morgan fingerprint density at radius 2 is 2.47 bits per heavy atom. The number of alkyl halides is 1. The number of pyridine rings is 1. The molecule has 1 rings (SSSR count). The van der Waals surface area contributed by atoms with Crippen LogP contribution in [0.3, 0.4) is 0 Å². The summed E-state index contributed by atoms with van der Waals surface area (Å²) in [5, 5.41) is 13.0. The lowest BCUT2D eigenvalue weighted by molar-refractivity contribution is 0.0937. The van der Waals surface area contributed by atoms with Crippen LogP contribution in [0.25, 0.3) is 0 Å². The van der Waals surface area contributed by atoms with Crippen molar-refractivity contribution >= 4 is 21.8 Å². The molecule has 0 saturated heterocycles. The number of hydrogen-bond acceptors (Lipinski definition) is 3. The first-order valence-electron chi connectivity index (χ1n) is 4.65. The summed E-state index contributed by atoms with van der Waals surface area (Å²) in [6.45, 7) is 1.91. The van der Waals surface area contributed by atoms with Crippen LogP contribution < -0.4 is 5.32 Å². The molecule has 15 heavy (non-hydrogen) atoms. The molecule has 1 atom stereocenters. The van der Waals surface area contributed by atoms with E-state index in [1.807, 2.05) is 6.92 Å². The molecule has 1 unspecified atom stereocenters. The molecule has 1 aromatic rings. The molecule has 0 aliphatic rings. The summed E-state index contributed by atoms with van der Waals surface area (Å²) in [5.41, 5.74) is 0.256. The lowest BCUT2D eigenvalue weighted by Gasteiger charge is -2.12. The van der Waals surface area contributed by atoms with Gasteiger partial charge in [0.1, 0.15) is 5.75 Å². The van der Waals surface area contributed by atoms with Gasteiger partial charge in [-0.05, 0) is 19.4 Å². The van der Waals surface area contributed by atoms with Crippen molar-refractivity contribution in [3.05, 3.63) is 24.0 Å². The zero-order chi connectivity index (χ0) is 11.3. The Bertz CT molecular complexity index is 344. The molecule has 2 N–H and O–H groups in total. The number of amides is 1. The van der Waals surface area contributed by atoms with Crippen molar-refractivity contribution in [3.63, 3.8) is 0 Å². The van der Waals surface area contributed by atoms with Gasteiger partial charge in [0.25, 0.3) is 5.91 Å². The minimum absolute atomic E-state index is 0.0736. The molecule has 0 aliphatic heterocycles. The van der Waals surface area contributed by atoms with Crippen molar-refractivity contribution < 1.29 is 9.90 Å². The SMILES string of the molecule is CC(CCBr)NC(=O)c1ccncc1O. The Hall–Kier alpha value is -1.10. The van der Waals surface area contributed by atoms with Gasteiger partial charge in [-0.15, -0.1) is 0 Å². The lowest BCUT2D eigenvalue weighted by Crippen LogP contribution is -2.32. The van der Waals surface area contributed by atoms with E-state index in [1.54, 1.807) is 0 Å². The molecule has 0 radical (unpaired) electrons. The second-order valence-corrected chi connectivity index (χ2v) is 4.04. The fourth-order valence-corrected chi connectivity index (χ4v) is 1.80. The number of rotatable bonds is 4. The Morgan fingerprint density at radius 3 is 3.07 bits per heavy atom. The predicted molar refractivity (Wildman–Crippen MR) is 61.2 cm³/mol. The van der Waals surface area contributed by atoms with Crippen LogP contribution in [0.15, 0.2) is 18.5 Å². The first-order chi connectivity index (χ1) is 7.15. The highest BCUT2D eigenvalue weighted by Gasteiger charge is 2.12. The number of hydrogen-bond donors (Lipinski definition) is 2. The number of halogens is 1. The highest BCUT2D eigenvalue weighted by molar-refractivity contribution is 9.09. The predicted octanol–water partition coefficient (Wildman–Crippen LogP) is 1.69. The molecule has 0 bridgehead atoms. The number of nitrogens with one attached hydrogen (secondary N) is 1. The second-order valence-electron chi connectivity index (χ2n) is 3.24. The molecule has 5 heteroatoms. The molecule has 0 aromatic carbocycles. The van der Waals surface area contributed by atoms with E-state index in [0.717, 1.165) is 11.8 Å². The average Bonchev–Trinajstić information content (AvgIpc) is 2.18. The fourth-order valence-electron chi connectivity index (χ4n) is 1.12. The third kappa shape index (κ3) is 3.51. The van der Waals surface area contributed by atoms with Crippen LogP contribution in [-0.2, 0) is 0 Å². The Balaban J connectivity index is 2.65. The summed E-state index contributed by atoms with van der Waals surface area (Å²) >= 11 is 3.30. The third-order valence-electron chi connectivity index (χ3n) is 1.96.